The third-order valence-electron chi connectivity index (χ3n) is 0.421. The van der Waals surface area contributed by atoms with Crippen molar-refractivity contribution >= 4 is 106 Å². The molecule has 0 unspecified atom stereocenters. The maximum Gasteiger partial charge on any atom is 0.256 e. The van der Waals surface area contributed by atoms with E-state index in [-0.39, 0.29) is 0 Å². The standard InChI is InChI=1S/Cl7N2P3S/c1-10(2,3)8-11(4,5)9-12(6,7)13. The van der Waals surface area contributed by atoms with E-state index in [0.717, 1.165) is 0 Å². The summed E-state index contributed by atoms with van der Waals surface area (Å²) in [6, 6.07) is 0. The molecule has 0 aliphatic rings. The molecule has 0 heterocycles. The van der Waals surface area contributed by atoms with Crippen molar-refractivity contribution in [2.75, 3.05) is 0 Å². The van der Waals surface area contributed by atoms with Crippen LogP contribution in [0.5, 0.6) is 0 Å². The average Bonchev–Trinajstić information content (AvgIpc) is 1.43. The van der Waals surface area contributed by atoms with E-state index in [2.05, 4.69) is 20.8 Å². The Labute approximate surface area is 114 Å². The third-order valence-corrected chi connectivity index (χ3v) is 9.92. The summed E-state index contributed by atoms with van der Waals surface area (Å²) in [4.78, 5) is -2.94. The van der Waals surface area contributed by atoms with Crippen LogP contribution in [0.4, 0.5) is 0 Å². The first-order chi connectivity index (χ1) is 5.41. The highest BCUT2D eigenvalue weighted by Gasteiger charge is 2.20. The van der Waals surface area contributed by atoms with Crippen LogP contribution in [0.1, 0.15) is 0 Å². The van der Waals surface area contributed by atoms with E-state index in [1.165, 1.54) is 0 Å². The smallest absolute Gasteiger partial charge is 0.191 e. The topological polar surface area (TPSA) is 24.7 Å². The number of halogens is 7. The molecule has 0 saturated heterocycles. The lowest BCUT2D eigenvalue weighted by atomic mass is 13.9. The molecular weight excluding hydrogens is 401 g/mol. The number of hydrogen-bond acceptors (Lipinski definition) is 1. The second kappa shape index (κ2) is 5.65. The fourth-order valence-electron chi connectivity index (χ4n) is 0.265. The van der Waals surface area contributed by atoms with Crippen LogP contribution in [0.15, 0.2) is 9.03 Å². The molecule has 0 amide bonds. The zero-order valence-electron chi connectivity index (χ0n) is 5.29. The molecule has 0 aliphatic carbocycles. The number of hydrogen-bond donors (Lipinski definition) is 0. The summed E-state index contributed by atoms with van der Waals surface area (Å²) in [6.07, 6.45) is 0. The molecule has 13 heavy (non-hydrogen) atoms. The fraction of sp³-hybridized carbons (Fsp3) is 0. The summed E-state index contributed by atoms with van der Waals surface area (Å²) >= 11 is 43.0. The Balaban J connectivity index is 5.25. The SMILES string of the molecule is S=P(Cl)(Cl)N=P(Cl)(Cl)N=P(Cl)(Cl)Cl. The molecule has 0 aromatic heterocycles. The van der Waals surface area contributed by atoms with Gasteiger partial charge in [-0.05, 0) is 90.5 Å². The summed E-state index contributed by atoms with van der Waals surface area (Å²) in [7, 11) is 0. The molecule has 0 radical (unpaired) electrons. The van der Waals surface area contributed by atoms with Gasteiger partial charge in [0.2, 0.25) is 10.0 Å². The van der Waals surface area contributed by atoms with Gasteiger partial charge >= 0.3 is 0 Å². The molecule has 80 valence electrons. The minimum absolute atomic E-state index is 2.94. The first kappa shape index (κ1) is 16.1. The van der Waals surface area contributed by atoms with Gasteiger partial charge in [-0.25, -0.2) is 0 Å². The van der Waals surface area contributed by atoms with Gasteiger partial charge in [0, 0.05) is 0 Å². The molecule has 0 N–H and O–H groups in total. The van der Waals surface area contributed by atoms with E-state index in [1.807, 2.05) is 0 Å². The lowest BCUT2D eigenvalue weighted by Gasteiger charge is -2.06. The molecule has 0 saturated carbocycles. The summed E-state index contributed by atoms with van der Waals surface area (Å²) in [6.45, 7) is 0. The second-order valence-corrected chi connectivity index (χ2v) is 21.1. The summed E-state index contributed by atoms with van der Waals surface area (Å²) in [5.41, 5.74) is 0. The number of nitrogens with zero attached hydrogens (tertiary/aromatic N) is 2. The zero-order chi connectivity index (χ0) is 10.9. The first-order valence-electron chi connectivity index (χ1n) is 2.17. The van der Waals surface area contributed by atoms with Gasteiger partial charge in [-0.2, -0.15) is 9.03 Å². The Morgan fingerprint density at radius 3 is 1.38 bits per heavy atom. The normalized spacial score (nSPS) is 14.1. The largest absolute Gasteiger partial charge is 0.256 e. The quantitative estimate of drug-likeness (QED) is 0.434. The first-order valence-corrected chi connectivity index (χ1v) is 14.7. The molecule has 0 bridgehead atoms. The average molecular weight is 401 g/mol. The van der Waals surface area contributed by atoms with E-state index >= 15 is 0 Å². The maximum atomic E-state index is 5.62. The third kappa shape index (κ3) is 11.4. The van der Waals surface area contributed by atoms with Gasteiger partial charge in [0.15, 0.2) is 0 Å². The highest BCUT2D eigenvalue weighted by atomic mass is 36.0. The number of rotatable bonds is 2. The van der Waals surface area contributed by atoms with Crippen LogP contribution in [-0.4, -0.2) is 0 Å². The minimum Gasteiger partial charge on any atom is -0.191 e. The van der Waals surface area contributed by atoms with Crippen LogP contribution in [-0.2, 0) is 11.8 Å². The maximum absolute atomic E-state index is 5.62. The molecular formula is Cl7N2P3S. The van der Waals surface area contributed by atoms with Crippen LogP contribution in [0.3, 0.4) is 0 Å². The van der Waals surface area contributed by atoms with Crippen LogP contribution < -0.4 is 0 Å². The fourth-order valence-corrected chi connectivity index (χ4v) is 15.6. The summed E-state index contributed by atoms with van der Waals surface area (Å²) in [5, 5.41) is -3.04. The van der Waals surface area contributed by atoms with Gasteiger partial charge in [-0.3, -0.25) is 0 Å². The van der Waals surface area contributed by atoms with Gasteiger partial charge in [-0.1, -0.05) is 0 Å². The molecule has 0 atom stereocenters. The van der Waals surface area contributed by atoms with Gasteiger partial charge in [0.1, 0.15) is 0 Å². The van der Waals surface area contributed by atoms with Gasteiger partial charge in [0.05, 0.1) is 0 Å². The van der Waals surface area contributed by atoms with Crippen LogP contribution in [0.25, 0.3) is 0 Å². The van der Waals surface area contributed by atoms with Gasteiger partial charge in [0.25, 0.3) is 5.91 Å². The van der Waals surface area contributed by atoms with Crippen LogP contribution in [0, 0.1) is 0 Å². The van der Waals surface area contributed by atoms with Crippen LogP contribution in [0.2, 0.25) is 0 Å². The highest BCUT2D eigenvalue weighted by molar-refractivity contribution is 8.40. The highest BCUT2D eigenvalue weighted by Crippen LogP contribution is 2.80. The van der Waals surface area contributed by atoms with E-state index < -0.39 is 15.9 Å². The minimum atomic E-state index is -3.16. The van der Waals surface area contributed by atoms with E-state index in [4.69, 9.17) is 78.7 Å². The predicted molar refractivity (Wildman–Crippen MR) is 74.0 cm³/mol. The van der Waals surface area contributed by atoms with Crippen molar-refractivity contribution in [2.45, 2.75) is 0 Å². The van der Waals surface area contributed by atoms with E-state index in [0.29, 0.717) is 0 Å². The Hall–Kier alpha value is 3.14. The Morgan fingerprint density at radius 1 is 0.769 bits per heavy atom. The lowest BCUT2D eigenvalue weighted by molar-refractivity contribution is 1.93. The molecule has 0 fully saturated rings. The molecule has 0 aliphatic heterocycles. The molecule has 0 rings (SSSR count). The Kier molecular flexibility index (Phi) is 7.02. The van der Waals surface area contributed by atoms with Crippen molar-refractivity contribution in [3.63, 3.8) is 0 Å². The molecule has 13 heteroatoms. The van der Waals surface area contributed by atoms with Crippen molar-refractivity contribution in [1.82, 2.24) is 0 Å². The Bertz CT molecular complexity index is 319. The molecule has 2 nitrogen and oxygen atoms in total. The summed E-state index contributed by atoms with van der Waals surface area (Å²) < 4.78 is 7.03. The van der Waals surface area contributed by atoms with E-state index in [1.54, 1.807) is 0 Å². The predicted octanol–water partition coefficient (Wildman–Crippen LogP) is 7.77. The van der Waals surface area contributed by atoms with Crippen molar-refractivity contribution < 1.29 is 0 Å². The van der Waals surface area contributed by atoms with Gasteiger partial charge in [-0.15, -0.1) is 0 Å². The molecule has 0 spiro atoms. The molecule has 0 aromatic rings. The van der Waals surface area contributed by atoms with Crippen molar-refractivity contribution in [2.24, 2.45) is 9.03 Å². The van der Waals surface area contributed by atoms with E-state index in [9.17, 15) is 0 Å². The van der Waals surface area contributed by atoms with Crippen molar-refractivity contribution in [3.05, 3.63) is 0 Å². The monoisotopic (exact) mass is 398 g/mol. The zero-order valence-corrected chi connectivity index (χ0v) is 14.1. The van der Waals surface area contributed by atoms with Gasteiger partial charge < -0.3 is 0 Å². The Morgan fingerprint density at radius 2 is 1.15 bits per heavy atom. The van der Waals surface area contributed by atoms with Crippen molar-refractivity contribution in [3.8, 4) is 0 Å². The molecule has 0 aromatic carbocycles. The summed E-state index contributed by atoms with van der Waals surface area (Å²) in [5.74, 6) is -3.16. The van der Waals surface area contributed by atoms with Crippen molar-refractivity contribution in [1.29, 1.82) is 0 Å². The van der Waals surface area contributed by atoms with Crippen LogP contribution >= 0.6 is 94.6 Å². The lowest BCUT2D eigenvalue weighted by Crippen LogP contribution is -1.51. The second-order valence-electron chi connectivity index (χ2n) is 1.49.